The normalized spacial score (nSPS) is 10.8. The van der Waals surface area contributed by atoms with E-state index in [9.17, 15) is 0 Å². The first-order valence-electron chi connectivity index (χ1n) is 5.65. The molecule has 1 nitrogen and oxygen atoms in total. The monoisotopic (exact) mass is 266 g/mol. The molecule has 0 unspecified atom stereocenters. The summed E-state index contributed by atoms with van der Waals surface area (Å²) < 4.78 is 5.76. The van der Waals surface area contributed by atoms with E-state index in [2.05, 4.69) is 19.9 Å². The number of ether oxygens (including phenoxy) is 1. The Morgan fingerprint density at radius 2 is 1.82 bits per heavy atom. The minimum atomic E-state index is 0.678. The lowest BCUT2D eigenvalue weighted by molar-refractivity contribution is 0.496. The number of thiophene rings is 1. The molecule has 0 bridgehead atoms. The summed E-state index contributed by atoms with van der Waals surface area (Å²) in [5, 5.41) is 1.66. The van der Waals surface area contributed by atoms with Crippen LogP contribution in [0.3, 0.4) is 0 Å². The predicted octanol–water partition coefficient (Wildman–Crippen LogP) is 5.39. The van der Waals surface area contributed by atoms with Crippen LogP contribution in [0.5, 0.6) is 10.8 Å². The van der Waals surface area contributed by atoms with Crippen LogP contribution < -0.4 is 4.74 Å². The van der Waals surface area contributed by atoms with E-state index in [1.807, 2.05) is 30.3 Å². The second kappa shape index (κ2) is 5.56. The third-order valence-corrected chi connectivity index (χ3v) is 3.52. The fraction of sp³-hybridized carbons (Fsp3) is 0.286. The highest BCUT2D eigenvalue weighted by Gasteiger charge is 2.04. The van der Waals surface area contributed by atoms with Crippen LogP contribution in [0.4, 0.5) is 0 Å². The van der Waals surface area contributed by atoms with Crippen LogP contribution in [-0.4, -0.2) is 0 Å². The summed E-state index contributed by atoms with van der Waals surface area (Å²) in [5.74, 6) is 1.50. The van der Waals surface area contributed by atoms with Crippen molar-refractivity contribution in [3.63, 3.8) is 0 Å². The van der Waals surface area contributed by atoms with Gasteiger partial charge in [0.15, 0.2) is 5.06 Å². The molecule has 3 heteroatoms. The zero-order valence-corrected chi connectivity index (χ0v) is 11.5. The van der Waals surface area contributed by atoms with Gasteiger partial charge in [0, 0.05) is 9.90 Å². The number of hydrogen-bond acceptors (Lipinski definition) is 2. The molecule has 0 atom stereocenters. The van der Waals surface area contributed by atoms with E-state index < -0.39 is 0 Å². The molecule has 1 aromatic carbocycles. The number of benzene rings is 1. The largest absolute Gasteiger partial charge is 0.447 e. The van der Waals surface area contributed by atoms with Gasteiger partial charge in [-0.15, -0.1) is 11.3 Å². The summed E-state index contributed by atoms with van der Waals surface area (Å²) in [6.07, 6.45) is 1.11. The molecule has 2 aromatic rings. The maximum Gasteiger partial charge on any atom is 0.181 e. The van der Waals surface area contributed by atoms with E-state index in [1.54, 1.807) is 11.3 Å². The maximum absolute atomic E-state index is 5.82. The molecule has 2 rings (SSSR count). The lowest BCUT2D eigenvalue weighted by Crippen LogP contribution is -1.89. The highest BCUT2D eigenvalue weighted by molar-refractivity contribution is 7.13. The molecule has 0 amide bonds. The van der Waals surface area contributed by atoms with Crippen LogP contribution >= 0.6 is 22.9 Å². The van der Waals surface area contributed by atoms with Crippen LogP contribution in [0.25, 0.3) is 0 Å². The molecule has 0 radical (unpaired) electrons. The minimum absolute atomic E-state index is 0.678. The topological polar surface area (TPSA) is 9.23 Å². The van der Waals surface area contributed by atoms with Crippen molar-refractivity contribution >= 4 is 22.9 Å². The first-order chi connectivity index (χ1) is 8.13. The van der Waals surface area contributed by atoms with Gasteiger partial charge in [-0.3, -0.25) is 0 Å². The highest BCUT2D eigenvalue weighted by Crippen LogP contribution is 2.31. The van der Waals surface area contributed by atoms with E-state index in [4.69, 9.17) is 16.3 Å². The maximum atomic E-state index is 5.82. The lowest BCUT2D eigenvalue weighted by Gasteiger charge is -2.02. The van der Waals surface area contributed by atoms with E-state index in [0.717, 1.165) is 22.3 Å². The van der Waals surface area contributed by atoms with Crippen LogP contribution in [0.1, 0.15) is 18.7 Å². The number of rotatable bonds is 4. The van der Waals surface area contributed by atoms with E-state index >= 15 is 0 Å². The molecule has 90 valence electrons. The molecular formula is C14H15ClOS. The van der Waals surface area contributed by atoms with Crippen LogP contribution in [-0.2, 0) is 6.42 Å². The fourth-order valence-electron chi connectivity index (χ4n) is 1.54. The van der Waals surface area contributed by atoms with Crippen molar-refractivity contribution in [1.82, 2.24) is 0 Å². The van der Waals surface area contributed by atoms with Crippen molar-refractivity contribution in [1.29, 1.82) is 0 Å². The SMILES string of the molecule is CC(C)Cc1ccc(Oc2ccc(Cl)cc2)s1. The third kappa shape index (κ3) is 3.76. The number of halogens is 1. The van der Waals surface area contributed by atoms with Gasteiger partial charge in [0.25, 0.3) is 0 Å². The minimum Gasteiger partial charge on any atom is -0.447 e. The first-order valence-corrected chi connectivity index (χ1v) is 6.85. The van der Waals surface area contributed by atoms with Gasteiger partial charge in [-0.2, -0.15) is 0 Å². The Bertz CT molecular complexity index is 473. The van der Waals surface area contributed by atoms with Gasteiger partial charge in [-0.25, -0.2) is 0 Å². The van der Waals surface area contributed by atoms with Crippen molar-refractivity contribution in [2.75, 3.05) is 0 Å². The smallest absolute Gasteiger partial charge is 0.181 e. The molecular weight excluding hydrogens is 252 g/mol. The quantitative estimate of drug-likeness (QED) is 0.721. The van der Waals surface area contributed by atoms with Gasteiger partial charge in [0.1, 0.15) is 5.75 Å². The van der Waals surface area contributed by atoms with Crippen LogP contribution in [0.2, 0.25) is 5.02 Å². The average Bonchev–Trinajstić information content (AvgIpc) is 2.68. The van der Waals surface area contributed by atoms with Crippen molar-refractivity contribution in [2.45, 2.75) is 20.3 Å². The molecule has 17 heavy (non-hydrogen) atoms. The van der Waals surface area contributed by atoms with Crippen molar-refractivity contribution in [3.8, 4) is 10.8 Å². The molecule has 0 saturated heterocycles. The van der Waals surface area contributed by atoms with Crippen molar-refractivity contribution in [3.05, 3.63) is 46.3 Å². The van der Waals surface area contributed by atoms with Gasteiger partial charge < -0.3 is 4.74 Å². The Balaban J connectivity index is 2.03. The van der Waals surface area contributed by atoms with Gasteiger partial charge in [-0.1, -0.05) is 25.4 Å². The molecule has 1 aromatic heterocycles. The van der Waals surface area contributed by atoms with Gasteiger partial charge in [0.05, 0.1) is 0 Å². The lowest BCUT2D eigenvalue weighted by atomic mass is 10.1. The second-order valence-electron chi connectivity index (χ2n) is 4.37. The van der Waals surface area contributed by atoms with E-state index in [1.165, 1.54) is 4.88 Å². The second-order valence-corrected chi connectivity index (χ2v) is 5.94. The summed E-state index contributed by atoms with van der Waals surface area (Å²) in [7, 11) is 0. The predicted molar refractivity (Wildman–Crippen MR) is 74.4 cm³/mol. The average molecular weight is 267 g/mol. The van der Waals surface area contributed by atoms with Crippen molar-refractivity contribution in [2.24, 2.45) is 5.92 Å². The Labute approximate surface area is 111 Å². The summed E-state index contributed by atoms with van der Waals surface area (Å²) in [6.45, 7) is 4.44. The van der Waals surface area contributed by atoms with Crippen LogP contribution in [0, 0.1) is 5.92 Å². The standard InChI is InChI=1S/C14H15ClOS/c1-10(2)9-13-7-8-14(17-13)16-12-5-3-11(15)4-6-12/h3-8,10H,9H2,1-2H3. The van der Waals surface area contributed by atoms with E-state index in [0.29, 0.717) is 5.92 Å². The third-order valence-electron chi connectivity index (χ3n) is 2.28. The van der Waals surface area contributed by atoms with Gasteiger partial charge >= 0.3 is 0 Å². The summed E-state index contributed by atoms with van der Waals surface area (Å²) in [5.41, 5.74) is 0. The molecule has 0 N–H and O–H groups in total. The summed E-state index contributed by atoms with van der Waals surface area (Å²) in [4.78, 5) is 1.36. The Morgan fingerprint density at radius 3 is 2.47 bits per heavy atom. The zero-order valence-electron chi connectivity index (χ0n) is 9.94. The molecule has 1 heterocycles. The Morgan fingerprint density at radius 1 is 1.12 bits per heavy atom. The molecule has 0 aliphatic rings. The zero-order chi connectivity index (χ0) is 12.3. The first kappa shape index (κ1) is 12.5. The van der Waals surface area contributed by atoms with Crippen molar-refractivity contribution < 1.29 is 4.74 Å². The molecule has 0 saturated carbocycles. The van der Waals surface area contributed by atoms with E-state index in [-0.39, 0.29) is 0 Å². The molecule has 0 spiro atoms. The van der Waals surface area contributed by atoms with Crippen LogP contribution in [0.15, 0.2) is 36.4 Å². The number of hydrogen-bond donors (Lipinski definition) is 0. The van der Waals surface area contributed by atoms with Gasteiger partial charge in [0.2, 0.25) is 0 Å². The molecule has 0 fully saturated rings. The molecule has 0 aliphatic heterocycles. The molecule has 0 aliphatic carbocycles. The Hall–Kier alpha value is -0.990. The fourth-order valence-corrected chi connectivity index (χ4v) is 2.76. The Kier molecular flexibility index (Phi) is 4.08. The highest BCUT2D eigenvalue weighted by atomic mass is 35.5. The summed E-state index contributed by atoms with van der Waals surface area (Å²) in [6, 6.07) is 11.6. The summed E-state index contributed by atoms with van der Waals surface area (Å²) >= 11 is 7.53. The van der Waals surface area contributed by atoms with Gasteiger partial charge in [-0.05, 0) is 48.7 Å².